The second kappa shape index (κ2) is 11.0. The van der Waals surface area contributed by atoms with Crippen LogP contribution in [0.25, 0.3) is 22.0 Å². The van der Waals surface area contributed by atoms with Crippen molar-refractivity contribution in [1.82, 2.24) is 0 Å². The molecular weight excluding hydrogens is 412 g/mol. The van der Waals surface area contributed by atoms with E-state index >= 15 is 0 Å². The molecule has 0 atom stereocenters. The molecule has 2 heteroatoms. The van der Waals surface area contributed by atoms with Gasteiger partial charge >= 0.3 is 0 Å². The minimum Gasteiger partial charge on any atom is -0.202 e. The maximum atomic E-state index is 2.54. The molecule has 0 radical (unpaired) electrons. The Bertz CT molecular complexity index is 1130. The quantitative estimate of drug-likeness (QED) is 0.192. The predicted molar refractivity (Wildman–Crippen MR) is 144 cm³/mol. The maximum Gasteiger partial charge on any atom is 0.213 e. The molecule has 0 fully saturated rings. The van der Waals surface area contributed by atoms with Gasteiger partial charge in [-0.1, -0.05) is 78.4 Å². The van der Waals surface area contributed by atoms with Gasteiger partial charge in [-0.05, 0) is 24.5 Å². The minimum atomic E-state index is 0.0241. The van der Waals surface area contributed by atoms with Crippen LogP contribution in [0.1, 0.15) is 109 Å². The van der Waals surface area contributed by atoms with Gasteiger partial charge in [0.25, 0.3) is 0 Å². The van der Waals surface area contributed by atoms with Gasteiger partial charge in [0, 0.05) is 54.0 Å². The van der Waals surface area contributed by atoms with Crippen LogP contribution in [0, 0.1) is 6.92 Å². The normalized spacial score (nSPS) is 13.9. The molecule has 0 saturated heterocycles. The van der Waals surface area contributed by atoms with Crippen LogP contribution < -0.4 is 9.13 Å². The Hall–Kier alpha value is -2.22. The largest absolute Gasteiger partial charge is 0.213 e. The number of hydrogen-bond donors (Lipinski definition) is 0. The van der Waals surface area contributed by atoms with Crippen molar-refractivity contribution in [2.75, 3.05) is 0 Å². The van der Waals surface area contributed by atoms with Gasteiger partial charge < -0.3 is 0 Å². The molecule has 1 aromatic carbocycles. The molecule has 0 unspecified atom stereocenters. The first-order valence-corrected chi connectivity index (χ1v) is 14.0. The Kier molecular flexibility index (Phi) is 8.06. The Balaban J connectivity index is 1.69. The van der Waals surface area contributed by atoms with Gasteiger partial charge in [0.15, 0.2) is 18.1 Å². The molecule has 0 N–H and O–H groups in total. The predicted octanol–water partition coefficient (Wildman–Crippen LogP) is 7.97. The van der Waals surface area contributed by atoms with Crippen molar-refractivity contribution in [2.45, 2.75) is 117 Å². The molecular formula is C32H46N2+2. The van der Waals surface area contributed by atoms with Crippen molar-refractivity contribution >= 4 is 10.9 Å². The Morgan fingerprint density at radius 1 is 0.706 bits per heavy atom. The van der Waals surface area contributed by atoms with E-state index in [4.69, 9.17) is 0 Å². The summed E-state index contributed by atoms with van der Waals surface area (Å²) in [5.74, 6) is 0. The number of pyridine rings is 2. The van der Waals surface area contributed by atoms with Gasteiger partial charge in [0.2, 0.25) is 5.52 Å². The number of benzene rings is 1. The van der Waals surface area contributed by atoms with Gasteiger partial charge in [-0.15, -0.1) is 0 Å². The zero-order valence-electron chi connectivity index (χ0n) is 22.4. The zero-order valence-corrected chi connectivity index (χ0v) is 22.4. The third-order valence-electron chi connectivity index (χ3n) is 8.04. The molecule has 3 aromatic rings. The molecule has 1 aliphatic carbocycles. The molecule has 0 spiro atoms. The molecule has 2 aromatic heterocycles. The first kappa shape index (κ1) is 24.9. The number of hydrogen-bond acceptors (Lipinski definition) is 0. The lowest BCUT2D eigenvalue weighted by atomic mass is 9.83. The molecule has 182 valence electrons. The van der Waals surface area contributed by atoms with Gasteiger partial charge in [-0.25, -0.2) is 4.57 Å². The molecule has 0 amide bonds. The van der Waals surface area contributed by atoms with Crippen molar-refractivity contribution in [1.29, 1.82) is 0 Å². The highest BCUT2D eigenvalue weighted by Crippen LogP contribution is 2.50. The third kappa shape index (κ3) is 4.92. The monoisotopic (exact) mass is 458 g/mol. The molecule has 2 heterocycles. The van der Waals surface area contributed by atoms with E-state index in [9.17, 15) is 0 Å². The molecule has 4 rings (SSSR count). The molecule has 0 saturated carbocycles. The van der Waals surface area contributed by atoms with Crippen molar-refractivity contribution in [3.8, 4) is 11.1 Å². The van der Waals surface area contributed by atoms with Crippen LogP contribution >= 0.6 is 0 Å². The summed E-state index contributed by atoms with van der Waals surface area (Å²) in [5.41, 5.74) is 8.70. The number of unbranched alkanes of at least 4 members (excludes halogenated alkanes) is 8. The SMILES string of the molecule is CCCCCCC[n+]1cc2c(cc1C)-c1c(c[n+](CCCCCCC)c3ccccc13)C2(C)C. The topological polar surface area (TPSA) is 7.76 Å². The number of para-hydroxylation sites is 1. The van der Waals surface area contributed by atoms with E-state index in [1.54, 1.807) is 0 Å². The molecule has 0 aliphatic heterocycles. The first-order chi connectivity index (χ1) is 16.5. The van der Waals surface area contributed by atoms with Crippen LogP contribution in [0.4, 0.5) is 0 Å². The van der Waals surface area contributed by atoms with Crippen LogP contribution in [-0.2, 0) is 18.5 Å². The summed E-state index contributed by atoms with van der Waals surface area (Å²) in [6.07, 6.45) is 18.2. The Labute approximate surface area is 208 Å². The lowest BCUT2D eigenvalue weighted by molar-refractivity contribution is -0.703. The summed E-state index contributed by atoms with van der Waals surface area (Å²) in [4.78, 5) is 0. The van der Waals surface area contributed by atoms with E-state index < -0.39 is 0 Å². The number of fused-ring (bicyclic) bond motifs is 5. The molecule has 0 bridgehead atoms. The van der Waals surface area contributed by atoms with E-state index in [0.29, 0.717) is 0 Å². The summed E-state index contributed by atoms with van der Waals surface area (Å²) < 4.78 is 5.06. The highest BCUT2D eigenvalue weighted by molar-refractivity contribution is 5.98. The van der Waals surface area contributed by atoms with Crippen molar-refractivity contribution in [3.05, 3.63) is 59.5 Å². The summed E-state index contributed by atoms with van der Waals surface area (Å²) in [6, 6.07) is 11.5. The summed E-state index contributed by atoms with van der Waals surface area (Å²) in [7, 11) is 0. The lowest BCUT2D eigenvalue weighted by Gasteiger charge is -2.19. The fourth-order valence-electron chi connectivity index (χ4n) is 5.88. The average Bonchev–Trinajstić information content (AvgIpc) is 3.04. The first-order valence-electron chi connectivity index (χ1n) is 14.0. The second-order valence-corrected chi connectivity index (χ2v) is 11.0. The second-order valence-electron chi connectivity index (χ2n) is 11.0. The van der Waals surface area contributed by atoms with Crippen LogP contribution in [0.5, 0.6) is 0 Å². The van der Waals surface area contributed by atoms with Gasteiger partial charge in [0.1, 0.15) is 13.1 Å². The Morgan fingerprint density at radius 2 is 1.29 bits per heavy atom. The average molecular weight is 459 g/mol. The van der Waals surface area contributed by atoms with Crippen LogP contribution in [0.15, 0.2) is 42.7 Å². The molecule has 2 nitrogen and oxygen atoms in total. The fourth-order valence-corrected chi connectivity index (χ4v) is 5.88. The molecule has 34 heavy (non-hydrogen) atoms. The maximum absolute atomic E-state index is 2.54. The van der Waals surface area contributed by atoms with Crippen molar-refractivity contribution in [2.24, 2.45) is 0 Å². The zero-order chi connectivity index (χ0) is 24.1. The highest BCUT2D eigenvalue weighted by Gasteiger charge is 2.42. The summed E-state index contributed by atoms with van der Waals surface area (Å²) in [6.45, 7) is 14.0. The van der Waals surface area contributed by atoms with Crippen LogP contribution in [0.2, 0.25) is 0 Å². The van der Waals surface area contributed by atoms with E-state index in [2.05, 4.69) is 86.5 Å². The van der Waals surface area contributed by atoms with E-state index in [1.807, 2.05) is 0 Å². The standard InChI is InChI=1S/C32H46N2/c1-6-8-10-12-16-20-33-23-28-27(22-25(33)3)31-26-18-14-15-19-30(26)34(21-17-13-11-9-7-2)24-29(31)32(28,4)5/h14-15,18-19,22-24H,6-13,16-17,20-21H2,1-5H3/q+2. The lowest BCUT2D eigenvalue weighted by Crippen LogP contribution is -2.39. The van der Waals surface area contributed by atoms with Crippen LogP contribution in [-0.4, -0.2) is 0 Å². The van der Waals surface area contributed by atoms with Gasteiger partial charge in [0.05, 0.1) is 5.39 Å². The number of nitrogens with zero attached hydrogens (tertiary/aromatic N) is 2. The fraction of sp³-hybridized carbons (Fsp3) is 0.562. The van der Waals surface area contributed by atoms with E-state index in [0.717, 1.165) is 13.1 Å². The highest BCUT2D eigenvalue weighted by atomic mass is 15.0. The third-order valence-corrected chi connectivity index (χ3v) is 8.04. The van der Waals surface area contributed by atoms with E-state index in [1.165, 1.54) is 103 Å². The number of rotatable bonds is 12. The van der Waals surface area contributed by atoms with Crippen LogP contribution in [0.3, 0.4) is 0 Å². The smallest absolute Gasteiger partial charge is 0.202 e. The van der Waals surface area contributed by atoms with Crippen molar-refractivity contribution in [3.63, 3.8) is 0 Å². The number of aromatic nitrogens is 2. The van der Waals surface area contributed by atoms with Crippen molar-refractivity contribution < 1.29 is 9.13 Å². The summed E-state index contributed by atoms with van der Waals surface area (Å²) in [5, 5.41) is 1.41. The number of aryl methyl sites for hydroxylation is 3. The Morgan fingerprint density at radius 3 is 1.97 bits per heavy atom. The minimum absolute atomic E-state index is 0.0241. The molecule has 1 aliphatic rings. The van der Waals surface area contributed by atoms with E-state index in [-0.39, 0.29) is 5.41 Å². The van der Waals surface area contributed by atoms with Gasteiger partial charge in [-0.3, -0.25) is 0 Å². The summed E-state index contributed by atoms with van der Waals surface area (Å²) >= 11 is 0. The van der Waals surface area contributed by atoms with Gasteiger partial charge in [-0.2, -0.15) is 4.57 Å².